The topological polar surface area (TPSA) is 162 Å². The number of non-ortho nitro benzene ring substituents is 1. The lowest BCUT2D eigenvalue weighted by molar-refractivity contribution is -0.384. The van der Waals surface area contributed by atoms with Crippen LogP contribution in [0.4, 0.5) is 22.7 Å². The zero-order chi connectivity index (χ0) is 25.9. The molecule has 12 nitrogen and oxygen atoms in total. The van der Waals surface area contributed by atoms with E-state index < -0.39 is 15.4 Å². The number of azo groups is 1. The molecule has 5 aromatic rings. The van der Waals surface area contributed by atoms with E-state index in [4.69, 9.17) is 0 Å². The Morgan fingerprint density at radius 2 is 1.54 bits per heavy atom. The van der Waals surface area contributed by atoms with Crippen molar-refractivity contribution in [2.45, 2.75) is 0 Å². The molecule has 0 aliphatic rings. The lowest BCUT2D eigenvalue weighted by atomic mass is 10.1. The molecule has 2 heterocycles. The third-order valence-corrected chi connectivity index (χ3v) is 6.15. The number of thiazole rings is 1. The van der Waals surface area contributed by atoms with Crippen LogP contribution in [0.1, 0.15) is 0 Å². The molecule has 0 fully saturated rings. The number of aromatic amines is 1. The smallest absolute Gasteiger partial charge is 0.286 e. The fourth-order valence-corrected chi connectivity index (χ4v) is 4.31. The first-order chi connectivity index (χ1) is 17.9. The maximum Gasteiger partial charge on any atom is 0.301 e. The minimum atomic E-state index is -0.596. The van der Waals surface area contributed by atoms with E-state index >= 15 is 0 Å². The maximum absolute atomic E-state index is 13.4. The van der Waals surface area contributed by atoms with Gasteiger partial charge in [-0.05, 0) is 18.2 Å². The van der Waals surface area contributed by atoms with Gasteiger partial charge in [-0.15, -0.1) is 21.6 Å². The number of hydrogen-bond donors (Lipinski definition) is 1. The quantitative estimate of drug-likeness (QED) is 0.155. The fraction of sp³-hybridized carbons (Fsp3) is 0. The first-order valence-electron chi connectivity index (χ1n) is 10.7. The number of H-pyrrole nitrogens is 1. The Morgan fingerprint density at radius 1 is 0.838 bits per heavy atom. The van der Waals surface area contributed by atoms with Crippen molar-refractivity contribution in [1.29, 1.82) is 0 Å². The van der Waals surface area contributed by atoms with E-state index in [2.05, 4.69) is 20.3 Å². The second-order valence-electron chi connectivity index (χ2n) is 7.61. The van der Waals surface area contributed by atoms with Gasteiger partial charge in [-0.3, -0.25) is 30.1 Å². The number of nitro benzene ring substituents is 2. The van der Waals surface area contributed by atoms with E-state index in [1.165, 1.54) is 58.5 Å². The van der Waals surface area contributed by atoms with Crippen LogP contribution in [-0.4, -0.2) is 24.6 Å². The average molecular weight is 513 g/mol. The lowest BCUT2D eigenvalue weighted by Crippen LogP contribution is -2.13. The van der Waals surface area contributed by atoms with E-state index in [0.29, 0.717) is 16.4 Å². The van der Waals surface area contributed by atoms with Gasteiger partial charge >= 0.3 is 5.56 Å². The van der Waals surface area contributed by atoms with Crippen LogP contribution in [0.15, 0.2) is 99.3 Å². The summed E-state index contributed by atoms with van der Waals surface area (Å²) in [6.07, 6.45) is 0. The molecule has 0 bridgehead atoms. The second-order valence-corrected chi connectivity index (χ2v) is 8.44. The van der Waals surface area contributed by atoms with Crippen LogP contribution in [0, 0.1) is 20.2 Å². The molecule has 0 atom stereocenters. The average Bonchev–Trinajstić information content (AvgIpc) is 3.53. The number of benzene rings is 3. The fourth-order valence-electron chi connectivity index (χ4n) is 3.52. The number of aromatic nitrogens is 3. The summed E-state index contributed by atoms with van der Waals surface area (Å²) in [5, 5.41) is 35.6. The Balaban J connectivity index is 1.63. The number of nitro groups is 2. The number of para-hydroxylation sites is 1. The molecular formula is C24H15N7O5S. The van der Waals surface area contributed by atoms with Crippen molar-refractivity contribution in [2.24, 2.45) is 10.2 Å². The van der Waals surface area contributed by atoms with E-state index in [1.54, 1.807) is 11.4 Å². The van der Waals surface area contributed by atoms with Gasteiger partial charge in [0.05, 0.1) is 21.2 Å². The van der Waals surface area contributed by atoms with Gasteiger partial charge in [-0.2, -0.15) is 4.68 Å². The minimum absolute atomic E-state index is 0.0325. The van der Waals surface area contributed by atoms with Crippen LogP contribution < -0.4 is 5.56 Å². The first-order valence-corrected chi connectivity index (χ1v) is 11.6. The molecule has 182 valence electrons. The molecule has 0 aliphatic heterocycles. The molecule has 2 aromatic heterocycles. The monoisotopic (exact) mass is 513 g/mol. The highest BCUT2D eigenvalue weighted by Crippen LogP contribution is 2.33. The molecule has 3 aromatic carbocycles. The van der Waals surface area contributed by atoms with E-state index in [0.717, 1.165) is 5.56 Å². The number of hydrogen-bond acceptors (Lipinski definition) is 9. The number of nitrogens with one attached hydrogen (secondary N) is 1. The summed E-state index contributed by atoms with van der Waals surface area (Å²) in [6.45, 7) is 0. The summed E-state index contributed by atoms with van der Waals surface area (Å²) in [4.78, 5) is 39.3. The number of rotatable bonds is 7. The van der Waals surface area contributed by atoms with Crippen LogP contribution in [0.3, 0.4) is 0 Å². The summed E-state index contributed by atoms with van der Waals surface area (Å²) in [5.41, 5.74) is 1.03. The van der Waals surface area contributed by atoms with E-state index in [1.807, 2.05) is 30.3 Å². The maximum atomic E-state index is 13.4. The van der Waals surface area contributed by atoms with Crippen molar-refractivity contribution in [2.75, 3.05) is 0 Å². The van der Waals surface area contributed by atoms with Gasteiger partial charge in [0, 0.05) is 34.7 Å². The van der Waals surface area contributed by atoms with Crippen LogP contribution in [0.2, 0.25) is 0 Å². The van der Waals surface area contributed by atoms with Gasteiger partial charge in [-0.25, -0.2) is 4.98 Å². The van der Waals surface area contributed by atoms with Crippen molar-refractivity contribution < 1.29 is 9.85 Å². The Hall–Kier alpha value is -5.30. The zero-order valence-corrected chi connectivity index (χ0v) is 19.5. The molecule has 0 amide bonds. The zero-order valence-electron chi connectivity index (χ0n) is 18.7. The molecule has 37 heavy (non-hydrogen) atoms. The third-order valence-electron chi connectivity index (χ3n) is 5.32. The molecule has 0 saturated heterocycles. The molecule has 5 rings (SSSR count). The third kappa shape index (κ3) is 4.66. The summed E-state index contributed by atoms with van der Waals surface area (Å²) >= 11 is 1.23. The Labute approximate surface area is 211 Å². The highest BCUT2D eigenvalue weighted by molar-refractivity contribution is 7.12. The minimum Gasteiger partial charge on any atom is -0.286 e. The molecule has 0 spiro atoms. The molecule has 0 radical (unpaired) electrons. The SMILES string of the molecule is O=c1c(N=Nc2ccccc2[N+](=O)[O-])c(-c2ccc([N+](=O)[O-])cc2)[nH]n1-c1nc(-c2ccccc2)cs1. The first kappa shape index (κ1) is 23.4. The van der Waals surface area contributed by atoms with Crippen molar-refractivity contribution in [3.8, 4) is 27.6 Å². The Bertz CT molecular complexity index is 1710. The van der Waals surface area contributed by atoms with Gasteiger partial charge in [0.25, 0.3) is 11.4 Å². The lowest BCUT2D eigenvalue weighted by Gasteiger charge is -2.00. The second kappa shape index (κ2) is 9.75. The van der Waals surface area contributed by atoms with Crippen LogP contribution in [0.5, 0.6) is 0 Å². The predicted octanol–water partition coefficient (Wildman–Crippen LogP) is 6.19. The summed E-state index contributed by atoms with van der Waals surface area (Å²) < 4.78 is 1.20. The standard InChI is InChI=1S/C24H15N7O5S/c32-23-22(27-26-18-8-4-5-9-20(18)31(35)36)21(16-10-12-17(13-11-16)30(33)34)28-29(23)24-25-19(14-37-24)15-6-2-1-3-7-15/h1-14,28H. The van der Waals surface area contributed by atoms with Crippen molar-refractivity contribution in [3.05, 3.63) is 115 Å². The summed E-state index contributed by atoms with van der Waals surface area (Å²) in [5.74, 6) is 0. The summed E-state index contributed by atoms with van der Waals surface area (Å²) in [6, 6.07) is 20.7. The molecular weight excluding hydrogens is 498 g/mol. The van der Waals surface area contributed by atoms with Gasteiger partial charge in [-0.1, -0.05) is 42.5 Å². The van der Waals surface area contributed by atoms with Gasteiger partial charge in [0.15, 0.2) is 11.4 Å². The van der Waals surface area contributed by atoms with E-state index in [-0.39, 0.29) is 28.4 Å². The normalized spacial score (nSPS) is 11.1. The Kier molecular flexibility index (Phi) is 6.18. The van der Waals surface area contributed by atoms with Gasteiger partial charge in [0.1, 0.15) is 0 Å². The van der Waals surface area contributed by atoms with Crippen molar-refractivity contribution in [1.82, 2.24) is 14.8 Å². The molecule has 13 heteroatoms. The predicted molar refractivity (Wildman–Crippen MR) is 137 cm³/mol. The van der Waals surface area contributed by atoms with E-state index in [9.17, 15) is 25.0 Å². The van der Waals surface area contributed by atoms with Crippen molar-refractivity contribution >= 4 is 34.1 Å². The Morgan fingerprint density at radius 3 is 2.24 bits per heavy atom. The molecule has 0 unspecified atom stereocenters. The van der Waals surface area contributed by atoms with Crippen LogP contribution in [0.25, 0.3) is 27.6 Å². The van der Waals surface area contributed by atoms with Gasteiger partial charge in [0.2, 0.25) is 5.13 Å². The summed E-state index contributed by atoms with van der Waals surface area (Å²) in [7, 11) is 0. The highest BCUT2D eigenvalue weighted by Gasteiger charge is 2.21. The van der Waals surface area contributed by atoms with Crippen molar-refractivity contribution in [3.63, 3.8) is 0 Å². The highest BCUT2D eigenvalue weighted by atomic mass is 32.1. The molecule has 0 saturated carbocycles. The molecule has 1 N–H and O–H groups in total. The molecule has 0 aliphatic carbocycles. The van der Waals surface area contributed by atoms with Crippen LogP contribution >= 0.6 is 11.3 Å². The number of nitrogens with zero attached hydrogens (tertiary/aromatic N) is 6. The van der Waals surface area contributed by atoms with Crippen LogP contribution in [-0.2, 0) is 0 Å². The van der Waals surface area contributed by atoms with Gasteiger partial charge < -0.3 is 0 Å². The largest absolute Gasteiger partial charge is 0.301 e.